The van der Waals surface area contributed by atoms with Crippen LogP contribution < -0.4 is 4.90 Å². The Morgan fingerprint density at radius 3 is 2.68 bits per heavy atom. The molecule has 0 radical (unpaired) electrons. The molecule has 1 amide bonds. The molecule has 0 saturated carbocycles. The maximum atomic E-state index is 11.7. The van der Waals surface area contributed by atoms with E-state index in [1.165, 1.54) is 15.5 Å². The van der Waals surface area contributed by atoms with E-state index in [2.05, 4.69) is 9.97 Å². The smallest absolute Gasteiger partial charge is 0.415 e. The van der Waals surface area contributed by atoms with Crippen LogP contribution in [0.3, 0.4) is 0 Å². The Hall–Kier alpha value is -1.74. The summed E-state index contributed by atoms with van der Waals surface area (Å²) in [5, 5.41) is 0. The van der Waals surface area contributed by atoms with Gasteiger partial charge in [-0.05, 0) is 12.8 Å². The van der Waals surface area contributed by atoms with Crippen LogP contribution in [0.5, 0.6) is 0 Å². The minimum absolute atomic E-state index is 0.0376. The topological polar surface area (TPSA) is 92.7 Å². The molecular weight excluding hydrogens is 308 g/mol. The summed E-state index contributed by atoms with van der Waals surface area (Å²) in [5.74, 6) is 0.498. The lowest BCUT2D eigenvalue weighted by molar-refractivity contribution is 0.181. The molecule has 2 aliphatic rings. The number of ether oxygens (including phenoxy) is 1. The van der Waals surface area contributed by atoms with Gasteiger partial charge >= 0.3 is 6.09 Å². The van der Waals surface area contributed by atoms with Crippen molar-refractivity contribution < 1.29 is 17.9 Å². The third-order valence-corrected chi connectivity index (χ3v) is 5.24. The highest BCUT2D eigenvalue weighted by molar-refractivity contribution is 7.88. The predicted molar refractivity (Wildman–Crippen MR) is 79.1 cm³/mol. The molecule has 3 heterocycles. The number of hydrogen-bond acceptors (Lipinski definition) is 6. The van der Waals surface area contributed by atoms with E-state index >= 15 is 0 Å². The van der Waals surface area contributed by atoms with Crippen molar-refractivity contribution in [3.63, 3.8) is 0 Å². The fourth-order valence-corrected chi connectivity index (χ4v) is 3.68. The first-order valence-electron chi connectivity index (χ1n) is 7.16. The number of amides is 1. The number of hydrogen-bond donors (Lipinski definition) is 0. The Morgan fingerprint density at radius 2 is 2.09 bits per heavy atom. The summed E-state index contributed by atoms with van der Waals surface area (Å²) in [5.41, 5.74) is 0.754. The van der Waals surface area contributed by atoms with Crippen molar-refractivity contribution >= 4 is 21.9 Å². The number of aromatic nitrogens is 2. The molecule has 0 aromatic carbocycles. The van der Waals surface area contributed by atoms with Gasteiger partial charge in [0.05, 0.1) is 30.9 Å². The Morgan fingerprint density at radius 1 is 1.27 bits per heavy atom. The van der Waals surface area contributed by atoms with E-state index in [0.29, 0.717) is 32.1 Å². The second kappa shape index (κ2) is 5.81. The van der Waals surface area contributed by atoms with Crippen molar-refractivity contribution in [2.45, 2.75) is 18.8 Å². The second-order valence-corrected chi connectivity index (χ2v) is 7.51. The van der Waals surface area contributed by atoms with E-state index in [4.69, 9.17) is 4.74 Å². The van der Waals surface area contributed by atoms with Crippen LogP contribution >= 0.6 is 0 Å². The lowest BCUT2D eigenvalue weighted by Crippen LogP contribution is -2.38. The van der Waals surface area contributed by atoms with Crippen LogP contribution in [0, 0.1) is 0 Å². The van der Waals surface area contributed by atoms with Gasteiger partial charge in [-0.15, -0.1) is 0 Å². The van der Waals surface area contributed by atoms with Crippen molar-refractivity contribution in [1.29, 1.82) is 0 Å². The molecule has 0 N–H and O–H groups in total. The summed E-state index contributed by atoms with van der Waals surface area (Å²) in [6, 6.07) is 0. The average molecular weight is 326 g/mol. The largest absolute Gasteiger partial charge is 0.447 e. The maximum Gasteiger partial charge on any atom is 0.415 e. The van der Waals surface area contributed by atoms with E-state index < -0.39 is 16.1 Å². The third-order valence-electron chi connectivity index (χ3n) is 3.97. The fourth-order valence-electron chi connectivity index (χ4n) is 2.77. The summed E-state index contributed by atoms with van der Waals surface area (Å²) in [4.78, 5) is 21.5. The zero-order valence-electron chi connectivity index (χ0n) is 12.3. The Labute approximate surface area is 129 Å². The Bertz CT molecular complexity index is 661. The van der Waals surface area contributed by atoms with Crippen LogP contribution in [0.25, 0.3) is 0 Å². The molecule has 8 nitrogen and oxygen atoms in total. The zero-order chi connectivity index (χ0) is 15.7. The summed E-state index contributed by atoms with van der Waals surface area (Å²) in [6.07, 6.45) is 5.66. The number of piperidine rings is 1. The van der Waals surface area contributed by atoms with E-state index in [-0.39, 0.29) is 5.92 Å². The van der Waals surface area contributed by atoms with Gasteiger partial charge in [0.2, 0.25) is 10.0 Å². The molecule has 1 aromatic heterocycles. The number of nitrogens with zero attached hydrogens (tertiary/aromatic N) is 4. The van der Waals surface area contributed by atoms with Crippen molar-refractivity contribution in [2.75, 3.05) is 37.4 Å². The molecule has 1 atom stereocenters. The van der Waals surface area contributed by atoms with Crippen LogP contribution in [0.15, 0.2) is 12.4 Å². The van der Waals surface area contributed by atoms with Gasteiger partial charge in [0.25, 0.3) is 0 Å². The molecule has 2 fully saturated rings. The molecule has 3 rings (SSSR count). The highest BCUT2D eigenvalue weighted by atomic mass is 32.2. The molecule has 2 aliphatic heterocycles. The van der Waals surface area contributed by atoms with Gasteiger partial charge in [-0.3, -0.25) is 9.88 Å². The molecule has 0 aliphatic carbocycles. The molecule has 1 aromatic rings. The molecule has 9 heteroatoms. The van der Waals surface area contributed by atoms with Crippen molar-refractivity contribution in [3.05, 3.63) is 18.1 Å². The monoisotopic (exact) mass is 326 g/mol. The molecule has 120 valence electrons. The average Bonchev–Trinajstić information content (AvgIpc) is 2.93. The highest BCUT2D eigenvalue weighted by Crippen LogP contribution is 2.27. The van der Waals surface area contributed by atoms with E-state index in [1.807, 2.05) is 0 Å². The lowest BCUT2D eigenvalue weighted by atomic mass is 9.96. The second-order valence-electron chi connectivity index (χ2n) is 5.53. The number of rotatable bonds is 3. The minimum Gasteiger partial charge on any atom is -0.447 e. The van der Waals surface area contributed by atoms with Crippen LogP contribution in [0.4, 0.5) is 10.6 Å². The first kappa shape index (κ1) is 15.2. The van der Waals surface area contributed by atoms with Crippen LogP contribution in [-0.2, 0) is 14.8 Å². The highest BCUT2D eigenvalue weighted by Gasteiger charge is 2.29. The van der Waals surface area contributed by atoms with E-state index in [0.717, 1.165) is 18.5 Å². The first-order chi connectivity index (χ1) is 10.4. The molecule has 1 unspecified atom stereocenters. The summed E-state index contributed by atoms with van der Waals surface area (Å²) >= 11 is 0. The van der Waals surface area contributed by atoms with Crippen molar-refractivity contribution in [1.82, 2.24) is 14.3 Å². The molecule has 2 saturated heterocycles. The molecule has 0 spiro atoms. The number of carbonyl (C=O) groups excluding carboxylic acids is 1. The van der Waals surface area contributed by atoms with E-state index in [1.54, 1.807) is 12.4 Å². The standard InChI is InChI=1S/C13H18N4O4S/c1-22(19,20)16-4-2-3-10(9-16)11-7-15-12(8-14-11)17-5-6-21-13(17)18/h7-8,10H,2-6,9H2,1H3. The molecular formula is C13H18N4O4S. The number of carbonyl (C=O) groups is 1. The van der Waals surface area contributed by atoms with Crippen LogP contribution in [0.1, 0.15) is 24.5 Å². The van der Waals surface area contributed by atoms with Crippen molar-refractivity contribution in [2.24, 2.45) is 0 Å². The SMILES string of the molecule is CS(=O)(=O)N1CCCC(c2cnc(N3CCOC3=O)cn2)C1. The number of sulfonamides is 1. The van der Waals surface area contributed by atoms with Gasteiger partial charge in [0, 0.05) is 19.0 Å². The lowest BCUT2D eigenvalue weighted by Gasteiger charge is -2.30. The quantitative estimate of drug-likeness (QED) is 0.806. The van der Waals surface area contributed by atoms with Gasteiger partial charge in [-0.25, -0.2) is 22.5 Å². The maximum absolute atomic E-state index is 11.7. The number of anilines is 1. The van der Waals surface area contributed by atoms with Gasteiger partial charge < -0.3 is 4.74 Å². The van der Waals surface area contributed by atoms with Crippen LogP contribution in [-0.4, -0.2) is 61.3 Å². The third kappa shape index (κ3) is 3.05. The Kier molecular flexibility index (Phi) is 4.00. The Balaban J connectivity index is 1.74. The van der Waals surface area contributed by atoms with E-state index in [9.17, 15) is 13.2 Å². The minimum atomic E-state index is -3.18. The fraction of sp³-hybridized carbons (Fsp3) is 0.615. The van der Waals surface area contributed by atoms with Crippen LogP contribution in [0.2, 0.25) is 0 Å². The predicted octanol–water partition coefficient (Wildman–Crippen LogP) is 0.572. The van der Waals surface area contributed by atoms with Gasteiger partial charge in [0.15, 0.2) is 5.82 Å². The van der Waals surface area contributed by atoms with Gasteiger partial charge in [0.1, 0.15) is 6.61 Å². The summed E-state index contributed by atoms with van der Waals surface area (Å²) in [7, 11) is -3.18. The molecule has 0 bridgehead atoms. The zero-order valence-corrected chi connectivity index (χ0v) is 13.1. The summed E-state index contributed by atoms with van der Waals surface area (Å²) < 4.78 is 29.7. The number of cyclic esters (lactones) is 1. The van der Waals surface area contributed by atoms with Gasteiger partial charge in [-0.1, -0.05) is 0 Å². The van der Waals surface area contributed by atoms with Crippen molar-refractivity contribution in [3.8, 4) is 0 Å². The normalized spacial score (nSPS) is 23.6. The molecule has 22 heavy (non-hydrogen) atoms. The van der Waals surface area contributed by atoms with Gasteiger partial charge in [-0.2, -0.15) is 0 Å². The first-order valence-corrected chi connectivity index (χ1v) is 9.01. The summed E-state index contributed by atoms with van der Waals surface area (Å²) in [6.45, 7) is 1.81.